The number of carbonyl (C=O) groups excluding carboxylic acids is 3. The van der Waals surface area contributed by atoms with Gasteiger partial charge in [-0.15, -0.1) is 0 Å². The Morgan fingerprint density at radius 1 is 1.16 bits per heavy atom. The standard InChI is InChI=1S/C23H22N2O5S/c1-2-17(16-6-4-3-5-7-16)21(26)24-10-11-25-22(27)20(31-23(25)28)13-15-8-9-18-19(12-15)30-14-29-18/h3-9,12-13,17H,2,10-11,14H2,1H3,(H,24,26)/b20-13-/t17-/m0/s1. The van der Waals surface area contributed by atoms with Gasteiger partial charge in [0.1, 0.15) is 0 Å². The first kappa shape index (κ1) is 21.0. The average Bonchev–Trinajstić information content (AvgIpc) is 3.34. The van der Waals surface area contributed by atoms with Crippen molar-refractivity contribution in [3.05, 3.63) is 64.6 Å². The van der Waals surface area contributed by atoms with Crippen molar-refractivity contribution in [1.82, 2.24) is 10.2 Å². The molecule has 2 aromatic carbocycles. The summed E-state index contributed by atoms with van der Waals surface area (Å²) in [5.41, 5.74) is 1.69. The molecular formula is C23H22N2O5S. The van der Waals surface area contributed by atoms with Gasteiger partial charge in [-0.05, 0) is 47.5 Å². The highest BCUT2D eigenvalue weighted by Crippen LogP contribution is 2.36. The summed E-state index contributed by atoms with van der Waals surface area (Å²) >= 11 is 0.890. The van der Waals surface area contributed by atoms with Gasteiger partial charge in [-0.1, -0.05) is 43.3 Å². The second kappa shape index (κ2) is 9.26. The van der Waals surface area contributed by atoms with Crippen LogP contribution in [0.2, 0.25) is 0 Å². The van der Waals surface area contributed by atoms with Crippen LogP contribution in [0.5, 0.6) is 11.5 Å². The van der Waals surface area contributed by atoms with Crippen LogP contribution in [0.1, 0.15) is 30.4 Å². The Balaban J connectivity index is 1.35. The highest BCUT2D eigenvalue weighted by atomic mass is 32.2. The number of imide groups is 1. The van der Waals surface area contributed by atoms with Gasteiger partial charge in [-0.2, -0.15) is 0 Å². The lowest BCUT2D eigenvalue weighted by Gasteiger charge is -2.17. The topological polar surface area (TPSA) is 84.9 Å². The van der Waals surface area contributed by atoms with E-state index in [9.17, 15) is 14.4 Å². The molecule has 0 radical (unpaired) electrons. The van der Waals surface area contributed by atoms with E-state index in [1.54, 1.807) is 24.3 Å². The van der Waals surface area contributed by atoms with Gasteiger partial charge < -0.3 is 14.8 Å². The average molecular weight is 439 g/mol. The van der Waals surface area contributed by atoms with Crippen LogP contribution in [0, 0.1) is 0 Å². The SMILES string of the molecule is CC[C@H](C(=O)NCCN1C(=O)S/C(=C\c2ccc3c(c2)OCO3)C1=O)c1ccccc1. The Bertz CT molecular complexity index is 1040. The van der Waals surface area contributed by atoms with Gasteiger partial charge in [0.15, 0.2) is 11.5 Å². The van der Waals surface area contributed by atoms with Gasteiger partial charge in [0.25, 0.3) is 11.1 Å². The predicted molar refractivity (Wildman–Crippen MR) is 118 cm³/mol. The first-order chi connectivity index (χ1) is 15.1. The van der Waals surface area contributed by atoms with Crippen LogP contribution in [-0.2, 0) is 9.59 Å². The molecule has 2 heterocycles. The maximum Gasteiger partial charge on any atom is 0.293 e. The van der Waals surface area contributed by atoms with Gasteiger partial charge in [0, 0.05) is 13.1 Å². The lowest BCUT2D eigenvalue weighted by molar-refractivity contribution is -0.125. The van der Waals surface area contributed by atoms with E-state index in [1.165, 1.54) is 0 Å². The third-order valence-corrected chi connectivity index (χ3v) is 6.04. The summed E-state index contributed by atoms with van der Waals surface area (Å²) in [4.78, 5) is 39.1. The summed E-state index contributed by atoms with van der Waals surface area (Å²) < 4.78 is 10.6. The second-order valence-electron chi connectivity index (χ2n) is 7.11. The van der Waals surface area contributed by atoms with E-state index in [4.69, 9.17) is 9.47 Å². The lowest BCUT2D eigenvalue weighted by atomic mass is 9.96. The molecule has 2 aliphatic heterocycles. The molecule has 0 aromatic heterocycles. The van der Waals surface area contributed by atoms with Crippen molar-refractivity contribution < 1.29 is 23.9 Å². The molecule has 2 aromatic rings. The quantitative estimate of drug-likeness (QED) is 0.663. The van der Waals surface area contributed by atoms with E-state index in [2.05, 4.69) is 5.32 Å². The number of benzene rings is 2. The number of hydrogen-bond donors (Lipinski definition) is 1. The fourth-order valence-electron chi connectivity index (χ4n) is 3.52. The van der Waals surface area contributed by atoms with Crippen LogP contribution in [0.25, 0.3) is 6.08 Å². The number of ether oxygens (including phenoxy) is 2. The van der Waals surface area contributed by atoms with Crippen molar-refractivity contribution in [3.8, 4) is 11.5 Å². The number of nitrogens with one attached hydrogen (secondary N) is 1. The second-order valence-corrected chi connectivity index (χ2v) is 8.10. The summed E-state index contributed by atoms with van der Waals surface area (Å²) in [5.74, 6) is 0.525. The number of amides is 3. The first-order valence-electron chi connectivity index (χ1n) is 10.0. The van der Waals surface area contributed by atoms with E-state index in [1.807, 2.05) is 37.3 Å². The van der Waals surface area contributed by atoms with E-state index in [-0.39, 0.29) is 42.9 Å². The van der Waals surface area contributed by atoms with Crippen LogP contribution >= 0.6 is 11.8 Å². The maximum atomic E-state index is 12.7. The van der Waals surface area contributed by atoms with Crippen molar-refractivity contribution in [2.45, 2.75) is 19.3 Å². The molecule has 0 bridgehead atoms. The van der Waals surface area contributed by atoms with Gasteiger partial charge in [-0.25, -0.2) is 0 Å². The number of hydrogen-bond acceptors (Lipinski definition) is 6. The Hall–Kier alpha value is -3.26. The van der Waals surface area contributed by atoms with E-state index >= 15 is 0 Å². The fourth-order valence-corrected chi connectivity index (χ4v) is 4.38. The molecule has 7 nitrogen and oxygen atoms in total. The Kier molecular flexibility index (Phi) is 6.27. The van der Waals surface area contributed by atoms with Crippen LogP contribution in [0.3, 0.4) is 0 Å². The minimum absolute atomic E-state index is 0.114. The predicted octanol–water partition coefficient (Wildman–Crippen LogP) is 3.76. The number of thioether (sulfide) groups is 1. The van der Waals surface area contributed by atoms with Crippen molar-refractivity contribution in [2.75, 3.05) is 19.9 Å². The van der Waals surface area contributed by atoms with Crippen molar-refractivity contribution in [1.29, 1.82) is 0 Å². The molecule has 2 aliphatic rings. The molecule has 31 heavy (non-hydrogen) atoms. The highest BCUT2D eigenvalue weighted by Gasteiger charge is 2.35. The normalized spacial score (nSPS) is 17.3. The van der Waals surface area contributed by atoms with Crippen LogP contribution < -0.4 is 14.8 Å². The zero-order valence-corrected chi connectivity index (χ0v) is 17.8. The van der Waals surface area contributed by atoms with Gasteiger partial charge in [0.2, 0.25) is 12.7 Å². The van der Waals surface area contributed by atoms with Crippen molar-refractivity contribution in [3.63, 3.8) is 0 Å². The van der Waals surface area contributed by atoms with Crippen LogP contribution in [-0.4, -0.2) is 41.8 Å². The summed E-state index contributed by atoms with van der Waals surface area (Å²) in [6.07, 6.45) is 2.32. The zero-order chi connectivity index (χ0) is 21.8. The summed E-state index contributed by atoms with van der Waals surface area (Å²) in [6.45, 7) is 2.45. The Morgan fingerprint density at radius 3 is 2.71 bits per heavy atom. The summed E-state index contributed by atoms with van der Waals surface area (Å²) in [7, 11) is 0. The zero-order valence-electron chi connectivity index (χ0n) is 17.0. The number of fused-ring (bicyclic) bond motifs is 1. The number of carbonyl (C=O) groups is 3. The third-order valence-electron chi connectivity index (χ3n) is 5.13. The molecule has 1 fully saturated rings. The molecule has 0 aliphatic carbocycles. The molecule has 0 saturated carbocycles. The fraction of sp³-hybridized carbons (Fsp3) is 0.261. The molecule has 3 amide bonds. The molecule has 4 rings (SSSR count). The Morgan fingerprint density at radius 2 is 1.94 bits per heavy atom. The lowest BCUT2D eigenvalue weighted by Crippen LogP contribution is -2.38. The smallest absolute Gasteiger partial charge is 0.293 e. The van der Waals surface area contributed by atoms with Gasteiger partial charge in [0.05, 0.1) is 10.8 Å². The molecule has 0 unspecified atom stereocenters. The Labute approximate surface area is 184 Å². The van der Waals surface area contributed by atoms with Crippen molar-refractivity contribution in [2.24, 2.45) is 0 Å². The largest absolute Gasteiger partial charge is 0.454 e. The van der Waals surface area contributed by atoms with Crippen LogP contribution in [0.4, 0.5) is 4.79 Å². The van der Waals surface area contributed by atoms with E-state index in [0.717, 1.165) is 27.8 Å². The summed E-state index contributed by atoms with van der Waals surface area (Å²) in [6, 6.07) is 14.9. The minimum Gasteiger partial charge on any atom is -0.454 e. The molecule has 160 valence electrons. The van der Waals surface area contributed by atoms with E-state index in [0.29, 0.717) is 22.8 Å². The molecule has 0 spiro atoms. The summed E-state index contributed by atoms with van der Waals surface area (Å²) in [5, 5.41) is 2.50. The maximum absolute atomic E-state index is 12.7. The minimum atomic E-state index is -0.364. The third kappa shape index (κ3) is 4.59. The molecule has 1 saturated heterocycles. The molecular weight excluding hydrogens is 416 g/mol. The van der Waals surface area contributed by atoms with Gasteiger partial charge in [-0.3, -0.25) is 19.3 Å². The molecule has 1 atom stereocenters. The number of rotatable bonds is 7. The monoisotopic (exact) mass is 438 g/mol. The first-order valence-corrected chi connectivity index (χ1v) is 10.9. The van der Waals surface area contributed by atoms with Crippen LogP contribution in [0.15, 0.2) is 53.4 Å². The molecule has 1 N–H and O–H groups in total. The van der Waals surface area contributed by atoms with Crippen molar-refractivity contribution >= 4 is 34.9 Å². The number of nitrogens with zero attached hydrogens (tertiary/aromatic N) is 1. The van der Waals surface area contributed by atoms with Gasteiger partial charge >= 0.3 is 0 Å². The van der Waals surface area contributed by atoms with E-state index < -0.39 is 0 Å². The molecule has 8 heteroatoms. The highest BCUT2D eigenvalue weighted by molar-refractivity contribution is 8.18.